The SMILES string of the molecule is O=C(N/N=C\[C@H]1C[C@@H]2CC[C@@H]1C2)c1ccccc1[N+](=O)[O-]. The molecule has 0 spiro atoms. The Labute approximate surface area is 122 Å². The van der Waals surface area contributed by atoms with Gasteiger partial charge in [0.05, 0.1) is 4.92 Å². The predicted molar refractivity (Wildman–Crippen MR) is 78.0 cm³/mol. The second kappa shape index (κ2) is 5.63. The van der Waals surface area contributed by atoms with Gasteiger partial charge in [0.2, 0.25) is 0 Å². The smallest absolute Gasteiger partial charge is 0.267 e. The number of amides is 1. The highest BCUT2D eigenvalue weighted by atomic mass is 16.6. The Morgan fingerprint density at radius 3 is 2.81 bits per heavy atom. The molecule has 1 N–H and O–H groups in total. The standard InChI is InChI=1S/C15H17N3O3/c19-15(13-3-1-2-4-14(13)18(20)21)17-16-9-12-8-10-5-6-11(12)7-10/h1-4,9-12H,5-8H2,(H,17,19)/b16-9-/t10-,11-,12-/m1/s1. The maximum atomic E-state index is 12.0. The van der Waals surface area contributed by atoms with Crippen LogP contribution >= 0.6 is 0 Å². The maximum Gasteiger partial charge on any atom is 0.282 e. The molecular formula is C15H17N3O3. The zero-order valence-corrected chi connectivity index (χ0v) is 11.6. The number of hydrogen-bond donors (Lipinski definition) is 1. The van der Waals surface area contributed by atoms with Crippen molar-refractivity contribution in [2.24, 2.45) is 22.9 Å². The largest absolute Gasteiger partial charge is 0.282 e. The van der Waals surface area contributed by atoms with E-state index < -0.39 is 10.8 Å². The molecule has 1 amide bonds. The van der Waals surface area contributed by atoms with Crippen molar-refractivity contribution >= 4 is 17.8 Å². The molecule has 0 heterocycles. The molecule has 2 saturated carbocycles. The zero-order valence-electron chi connectivity index (χ0n) is 11.6. The Kier molecular flexibility index (Phi) is 3.68. The molecule has 3 atom stereocenters. The van der Waals surface area contributed by atoms with Gasteiger partial charge in [0, 0.05) is 12.3 Å². The molecule has 2 bridgehead atoms. The third-order valence-corrected chi connectivity index (χ3v) is 4.57. The van der Waals surface area contributed by atoms with Gasteiger partial charge in [0.1, 0.15) is 5.56 Å². The molecule has 0 unspecified atom stereocenters. The molecule has 1 aromatic carbocycles. The molecule has 21 heavy (non-hydrogen) atoms. The fraction of sp³-hybridized carbons (Fsp3) is 0.467. The summed E-state index contributed by atoms with van der Waals surface area (Å²) in [7, 11) is 0. The van der Waals surface area contributed by atoms with E-state index >= 15 is 0 Å². The van der Waals surface area contributed by atoms with Crippen LogP contribution in [0.3, 0.4) is 0 Å². The number of nitrogens with one attached hydrogen (secondary N) is 1. The van der Waals surface area contributed by atoms with Gasteiger partial charge in [-0.25, -0.2) is 5.43 Å². The van der Waals surface area contributed by atoms with Crippen LogP contribution in [0.15, 0.2) is 29.4 Å². The Balaban J connectivity index is 1.63. The Bertz CT molecular complexity index is 600. The van der Waals surface area contributed by atoms with Crippen LogP contribution in [0, 0.1) is 27.9 Å². The van der Waals surface area contributed by atoms with E-state index in [2.05, 4.69) is 10.5 Å². The van der Waals surface area contributed by atoms with Gasteiger partial charge in [-0.15, -0.1) is 0 Å². The summed E-state index contributed by atoms with van der Waals surface area (Å²) < 4.78 is 0. The number of rotatable bonds is 4. The minimum absolute atomic E-state index is 0.0348. The van der Waals surface area contributed by atoms with Gasteiger partial charge in [0.25, 0.3) is 11.6 Å². The van der Waals surface area contributed by atoms with Crippen LogP contribution in [0.25, 0.3) is 0 Å². The zero-order chi connectivity index (χ0) is 14.8. The van der Waals surface area contributed by atoms with Crippen molar-refractivity contribution in [3.8, 4) is 0 Å². The van der Waals surface area contributed by atoms with Gasteiger partial charge in [-0.1, -0.05) is 18.6 Å². The lowest BCUT2D eigenvalue weighted by atomic mass is 9.90. The van der Waals surface area contributed by atoms with Gasteiger partial charge < -0.3 is 0 Å². The van der Waals surface area contributed by atoms with Crippen LogP contribution in [-0.4, -0.2) is 17.0 Å². The number of nitro groups is 1. The molecular weight excluding hydrogens is 270 g/mol. The molecule has 3 rings (SSSR count). The number of hydrogen-bond acceptors (Lipinski definition) is 4. The molecule has 0 aromatic heterocycles. The monoisotopic (exact) mass is 287 g/mol. The van der Waals surface area contributed by atoms with Crippen molar-refractivity contribution in [2.45, 2.75) is 25.7 Å². The summed E-state index contributed by atoms with van der Waals surface area (Å²) >= 11 is 0. The molecule has 0 radical (unpaired) electrons. The van der Waals surface area contributed by atoms with Crippen molar-refractivity contribution in [1.82, 2.24) is 5.43 Å². The van der Waals surface area contributed by atoms with Crippen LogP contribution in [0.5, 0.6) is 0 Å². The summed E-state index contributed by atoms with van der Waals surface area (Å²) in [6.45, 7) is 0. The highest BCUT2D eigenvalue weighted by Crippen LogP contribution is 2.47. The molecule has 2 aliphatic carbocycles. The predicted octanol–water partition coefficient (Wildman–Crippen LogP) is 2.75. The van der Waals surface area contributed by atoms with Gasteiger partial charge in [-0.3, -0.25) is 14.9 Å². The normalized spacial score (nSPS) is 27.1. The van der Waals surface area contributed by atoms with E-state index in [4.69, 9.17) is 0 Å². The molecule has 6 heteroatoms. The minimum atomic E-state index is -0.561. The number of carbonyl (C=O) groups excluding carboxylic acids is 1. The highest BCUT2D eigenvalue weighted by Gasteiger charge is 2.38. The average Bonchev–Trinajstić information content (AvgIpc) is 3.09. The van der Waals surface area contributed by atoms with Crippen LogP contribution in [0.1, 0.15) is 36.0 Å². The number of nitro benzene ring substituents is 1. The minimum Gasteiger partial charge on any atom is -0.267 e. The first kappa shape index (κ1) is 13.7. The molecule has 6 nitrogen and oxygen atoms in total. The van der Waals surface area contributed by atoms with E-state index in [1.807, 2.05) is 0 Å². The fourth-order valence-electron chi connectivity index (χ4n) is 3.55. The van der Waals surface area contributed by atoms with E-state index in [-0.39, 0.29) is 11.3 Å². The summed E-state index contributed by atoms with van der Waals surface area (Å²) in [5.41, 5.74) is 2.24. The summed E-state index contributed by atoms with van der Waals surface area (Å²) in [5.74, 6) is 1.41. The van der Waals surface area contributed by atoms with Crippen LogP contribution < -0.4 is 5.43 Å². The quantitative estimate of drug-likeness (QED) is 0.525. The van der Waals surface area contributed by atoms with E-state index in [0.29, 0.717) is 11.8 Å². The van der Waals surface area contributed by atoms with Crippen LogP contribution in [-0.2, 0) is 0 Å². The number of nitrogens with zero attached hydrogens (tertiary/aromatic N) is 2. The Morgan fingerprint density at radius 2 is 2.14 bits per heavy atom. The molecule has 2 fully saturated rings. The van der Waals surface area contributed by atoms with E-state index in [1.165, 1.54) is 37.5 Å². The van der Waals surface area contributed by atoms with E-state index in [0.717, 1.165) is 12.3 Å². The molecule has 1 aromatic rings. The maximum absolute atomic E-state index is 12.0. The lowest BCUT2D eigenvalue weighted by molar-refractivity contribution is -0.385. The van der Waals surface area contributed by atoms with Crippen molar-refractivity contribution in [3.05, 3.63) is 39.9 Å². The highest BCUT2D eigenvalue weighted by molar-refractivity contribution is 5.98. The third kappa shape index (κ3) is 2.79. The van der Waals surface area contributed by atoms with Gasteiger partial charge in [-0.05, 0) is 43.1 Å². The van der Waals surface area contributed by atoms with Crippen LogP contribution in [0.2, 0.25) is 0 Å². The van der Waals surface area contributed by atoms with Crippen molar-refractivity contribution in [2.75, 3.05) is 0 Å². The first-order valence-corrected chi connectivity index (χ1v) is 7.22. The lowest BCUT2D eigenvalue weighted by Gasteiger charge is -2.16. The molecule has 0 saturated heterocycles. The Morgan fingerprint density at radius 1 is 1.33 bits per heavy atom. The van der Waals surface area contributed by atoms with E-state index in [1.54, 1.807) is 12.3 Å². The number of carbonyl (C=O) groups is 1. The van der Waals surface area contributed by atoms with Crippen LogP contribution in [0.4, 0.5) is 5.69 Å². The molecule has 110 valence electrons. The first-order chi connectivity index (χ1) is 10.1. The van der Waals surface area contributed by atoms with Gasteiger partial charge in [-0.2, -0.15) is 5.10 Å². The average molecular weight is 287 g/mol. The molecule has 2 aliphatic rings. The first-order valence-electron chi connectivity index (χ1n) is 7.22. The second-order valence-corrected chi connectivity index (χ2v) is 5.83. The van der Waals surface area contributed by atoms with Gasteiger partial charge >= 0.3 is 0 Å². The number of para-hydroxylation sites is 1. The number of fused-ring (bicyclic) bond motifs is 2. The van der Waals surface area contributed by atoms with E-state index in [9.17, 15) is 14.9 Å². The van der Waals surface area contributed by atoms with Crippen molar-refractivity contribution in [3.63, 3.8) is 0 Å². The second-order valence-electron chi connectivity index (χ2n) is 5.83. The Hall–Kier alpha value is -2.24. The molecule has 0 aliphatic heterocycles. The summed E-state index contributed by atoms with van der Waals surface area (Å²) in [6, 6.07) is 5.88. The summed E-state index contributed by atoms with van der Waals surface area (Å²) in [4.78, 5) is 22.3. The number of hydrazone groups is 1. The van der Waals surface area contributed by atoms with Crippen molar-refractivity contribution < 1.29 is 9.72 Å². The summed E-state index contributed by atoms with van der Waals surface area (Å²) in [6.07, 6.45) is 6.79. The third-order valence-electron chi connectivity index (χ3n) is 4.57. The number of benzene rings is 1. The van der Waals surface area contributed by atoms with Crippen molar-refractivity contribution in [1.29, 1.82) is 0 Å². The topological polar surface area (TPSA) is 84.6 Å². The fourth-order valence-corrected chi connectivity index (χ4v) is 3.55. The van der Waals surface area contributed by atoms with Gasteiger partial charge in [0.15, 0.2) is 0 Å². The summed E-state index contributed by atoms with van der Waals surface area (Å²) in [5, 5.41) is 14.9. The lowest BCUT2D eigenvalue weighted by Crippen LogP contribution is -2.21.